The van der Waals surface area contributed by atoms with Gasteiger partial charge in [0, 0.05) is 48.7 Å². The first-order valence-corrected chi connectivity index (χ1v) is 12.8. The molecule has 2 heterocycles. The minimum atomic E-state index is -0.381. The van der Waals surface area contributed by atoms with Crippen LogP contribution in [0.5, 0.6) is 0 Å². The van der Waals surface area contributed by atoms with Gasteiger partial charge in [0.1, 0.15) is 5.82 Å². The Morgan fingerprint density at radius 3 is 2.32 bits per heavy atom. The molecule has 3 aromatic carbocycles. The Balaban J connectivity index is 1.22. The second kappa shape index (κ2) is 10.6. The standard InChI is InChI=1S/C31H31FN4O2/c1-20-4-5-25(17-29(20)34-30(37)28-11-10-27(32)16-21(28)2)31(38)36-14-12-24(13-15-36)22-6-8-23(9-7-22)26-18-33-35(3)19-26/h4-11,16-19,24H,12-15H2,1-3H3,(H,34,37). The van der Waals surface area contributed by atoms with Gasteiger partial charge in [-0.25, -0.2) is 4.39 Å². The molecular weight excluding hydrogens is 479 g/mol. The average Bonchev–Trinajstić information content (AvgIpc) is 3.36. The molecule has 0 saturated carbocycles. The number of nitrogens with one attached hydrogen (secondary N) is 1. The molecule has 0 aliphatic carbocycles. The lowest BCUT2D eigenvalue weighted by Gasteiger charge is -2.32. The SMILES string of the molecule is Cc1ccc(C(=O)N2CCC(c3ccc(-c4cnn(C)c4)cc3)CC2)cc1NC(=O)c1ccc(F)cc1C. The molecule has 0 atom stereocenters. The molecule has 0 spiro atoms. The quantitative estimate of drug-likeness (QED) is 0.352. The maximum Gasteiger partial charge on any atom is 0.255 e. The molecule has 1 aliphatic rings. The first-order chi connectivity index (χ1) is 18.3. The lowest BCUT2D eigenvalue weighted by atomic mass is 9.88. The molecule has 1 saturated heterocycles. The van der Waals surface area contributed by atoms with Gasteiger partial charge in [0.15, 0.2) is 0 Å². The van der Waals surface area contributed by atoms with Crippen LogP contribution in [0.2, 0.25) is 0 Å². The van der Waals surface area contributed by atoms with Crippen LogP contribution in [0, 0.1) is 19.7 Å². The molecule has 1 N–H and O–H groups in total. The number of likely N-dealkylation sites (tertiary alicyclic amines) is 1. The highest BCUT2D eigenvalue weighted by atomic mass is 19.1. The zero-order chi connectivity index (χ0) is 26.8. The molecule has 194 valence electrons. The minimum absolute atomic E-state index is 0.0381. The number of hydrogen-bond acceptors (Lipinski definition) is 3. The smallest absolute Gasteiger partial charge is 0.255 e. The van der Waals surface area contributed by atoms with Gasteiger partial charge in [-0.15, -0.1) is 0 Å². The molecule has 38 heavy (non-hydrogen) atoms. The second-order valence-corrected chi connectivity index (χ2v) is 10.0. The van der Waals surface area contributed by atoms with Crippen molar-refractivity contribution in [2.75, 3.05) is 18.4 Å². The number of benzene rings is 3. The van der Waals surface area contributed by atoms with Crippen LogP contribution >= 0.6 is 0 Å². The minimum Gasteiger partial charge on any atom is -0.339 e. The van der Waals surface area contributed by atoms with Crippen molar-refractivity contribution in [1.29, 1.82) is 0 Å². The average molecular weight is 511 g/mol. The Bertz CT molecular complexity index is 1480. The lowest BCUT2D eigenvalue weighted by Crippen LogP contribution is -2.38. The Morgan fingerprint density at radius 2 is 1.66 bits per heavy atom. The maximum atomic E-state index is 13.4. The Morgan fingerprint density at radius 1 is 0.921 bits per heavy atom. The number of anilines is 1. The fourth-order valence-corrected chi connectivity index (χ4v) is 5.08. The number of aromatic nitrogens is 2. The van der Waals surface area contributed by atoms with Crippen LogP contribution in [0.15, 0.2) is 73.1 Å². The van der Waals surface area contributed by atoms with Crippen molar-refractivity contribution < 1.29 is 14.0 Å². The molecule has 2 amide bonds. The summed E-state index contributed by atoms with van der Waals surface area (Å²) in [6.07, 6.45) is 5.67. The van der Waals surface area contributed by atoms with E-state index in [-0.39, 0.29) is 17.6 Å². The van der Waals surface area contributed by atoms with Crippen molar-refractivity contribution in [1.82, 2.24) is 14.7 Å². The molecule has 1 aliphatic heterocycles. The molecule has 7 heteroatoms. The molecular formula is C31H31FN4O2. The van der Waals surface area contributed by atoms with Crippen LogP contribution in [0.1, 0.15) is 56.2 Å². The number of rotatable bonds is 5. The lowest BCUT2D eigenvalue weighted by molar-refractivity contribution is 0.0712. The van der Waals surface area contributed by atoms with Crippen LogP contribution in [0.25, 0.3) is 11.1 Å². The largest absolute Gasteiger partial charge is 0.339 e. The number of carbonyl (C=O) groups excluding carboxylic acids is 2. The first kappa shape index (κ1) is 25.4. The zero-order valence-corrected chi connectivity index (χ0v) is 21.9. The van der Waals surface area contributed by atoms with Gasteiger partial charge < -0.3 is 10.2 Å². The summed E-state index contributed by atoms with van der Waals surface area (Å²) < 4.78 is 15.2. The highest BCUT2D eigenvalue weighted by Gasteiger charge is 2.25. The van der Waals surface area contributed by atoms with Crippen molar-refractivity contribution in [3.05, 3.63) is 107 Å². The molecule has 0 unspecified atom stereocenters. The summed E-state index contributed by atoms with van der Waals surface area (Å²) in [5, 5.41) is 7.14. The summed E-state index contributed by atoms with van der Waals surface area (Å²) in [5.41, 5.74) is 6.46. The normalized spacial score (nSPS) is 13.9. The molecule has 6 nitrogen and oxygen atoms in total. The van der Waals surface area contributed by atoms with E-state index in [0.29, 0.717) is 41.4 Å². The number of aryl methyl sites for hydroxylation is 3. The van der Waals surface area contributed by atoms with Crippen LogP contribution in [0.4, 0.5) is 10.1 Å². The maximum absolute atomic E-state index is 13.4. The molecule has 5 rings (SSSR count). The zero-order valence-electron chi connectivity index (χ0n) is 21.9. The summed E-state index contributed by atoms with van der Waals surface area (Å²) in [7, 11) is 1.91. The third kappa shape index (κ3) is 5.37. The molecule has 4 aromatic rings. The topological polar surface area (TPSA) is 67.2 Å². The second-order valence-electron chi connectivity index (χ2n) is 10.0. The fraction of sp³-hybridized carbons (Fsp3) is 0.258. The van der Waals surface area contributed by atoms with Crippen LogP contribution < -0.4 is 5.32 Å². The highest BCUT2D eigenvalue weighted by Crippen LogP contribution is 2.31. The Hall–Kier alpha value is -4.26. The van der Waals surface area contributed by atoms with Gasteiger partial charge in [-0.1, -0.05) is 30.3 Å². The van der Waals surface area contributed by atoms with Crippen molar-refractivity contribution in [3.63, 3.8) is 0 Å². The Kier molecular flexibility index (Phi) is 7.09. The van der Waals surface area contributed by atoms with E-state index in [2.05, 4.69) is 34.7 Å². The van der Waals surface area contributed by atoms with Crippen molar-refractivity contribution >= 4 is 17.5 Å². The number of halogens is 1. The van der Waals surface area contributed by atoms with Crippen molar-refractivity contribution in [3.8, 4) is 11.1 Å². The number of amides is 2. The molecule has 1 aromatic heterocycles. The van der Waals surface area contributed by atoms with Gasteiger partial charge in [0.05, 0.1) is 6.20 Å². The van der Waals surface area contributed by atoms with Crippen LogP contribution in [0.3, 0.4) is 0 Å². The van der Waals surface area contributed by atoms with Gasteiger partial charge in [-0.2, -0.15) is 5.10 Å². The summed E-state index contributed by atoms with van der Waals surface area (Å²) in [4.78, 5) is 28.0. The summed E-state index contributed by atoms with van der Waals surface area (Å²) in [6.45, 7) is 4.94. The van der Waals surface area contributed by atoms with E-state index in [1.807, 2.05) is 37.3 Å². The van der Waals surface area contributed by atoms with Gasteiger partial charge in [-0.3, -0.25) is 14.3 Å². The van der Waals surface area contributed by atoms with E-state index < -0.39 is 0 Å². The molecule has 0 bridgehead atoms. The van der Waals surface area contributed by atoms with Gasteiger partial charge in [0.25, 0.3) is 11.8 Å². The number of hydrogen-bond donors (Lipinski definition) is 1. The fourth-order valence-electron chi connectivity index (χ4n) is 5.08. The monoisotopic (exact) mass is 510 g/mol. The predicted molar refractivity (Wildman–Crippen MR) is 147 cm³/mol. The van der Waals surface area contributed by atoms with E-state index >= 15 is 0 Å². The van der Waals surface area contributed by atoms with E-state index in [9.17, 15) is 14.0 Å². The van der Waals surface area contributed by atoms with Crippen molar-refractivity contribution in [2.45, 2.75) is 32.6 Å². The number of carbonyl (C=O) groups is 2. The first-order valence-electron chi connectivity index (χ1n) is 12.8. The van der Waals surface area contributed by atoms with Crippen LogP contribution in [-0.2, 0) is 7.05 Å². The highest BCUT2D eigenvalue weighted by molar-refractivity contribution is 6.06. The van der Waals surface area contributed by atoms with Crippen LogP contribution in [-0.4, -0.2) is 39.6 Å². The molecule has 0 radical (unpaired) electrons. The summed E-state index contributed by atoms with van der Waals surface area (Å²) >= 11 is 0. The van der Waals surface area contributed by atoms with Crippen molar-refractivity contribution in [2.24, 2.45) is 7.05 Å². The predicted octanol–water partition coefficient (Wildman–Crippen LogP) is 6.12. The Labute approximate surface area is 222 Å². The molecule has 1 fully saturated rings. The van der Waals surface area contributed by atoms with Gasteiger partial charge >= 0.3 is 0 Å². The van der Waals surface area contributed by atoms with E-state index in [1.54, 1.807) is 23.7 Å². The third-order valence-electron chi connectivity index (χ3n) is 7.37. The van der Waals surface area contributed by atoms with Gasteiger partial charge in [0.2, 0.25) is 0 Å². The van der Waals surface area contributed by atoms with E-state index in [0.717, 1.165) is 29.5 Å². The van der Waals surface area contributed by atoms with E-state index in [1.165, 1.54) is 23.8 Å². The summed E-state index contributed by atoms with van der Waals surface area (Å²) in [6, 6.07) is 18.1. The number of piperidine rings is 1. The summed E-state index contributed by atoms with van der Waals surface area (Å²) in [5.74, 6) is -0.337. The third-order valence-corrected chi connectivity index (χ3v) is 7.37. The van der Waals surface area contributed by atoms with E-state index in [4.69, 9.17) is 0 Å². The number of nitrogens with zero attached hydrogens (tertiary/aromatic N) is 3. The van der Waals surface area contributed by atoms with Gasteiger partial charge in [-0.05, 0) is 85.2 Å².